The fourth-order valence-corrected chi connectivity index (χ4v) is 1.43. The van der Waals surface area contributed by atoms with Gasteiger partial charge in [-0.05, 0) is 18.9 Å². The fourth-order valence-electron chi connectivity index (χ4n) is 1.43. The van der Waals surface area contributed by atoms with Gasteiger partial charge in [-0.25, -0.2) is 0 Å². The van der Waals surface area contributed by atoms with Crippen LogP contribution in [0.1, 0.15) is 13.3 Å². The van der Waals surface area contributed by atoms with E-state index in [0.29, 0.717) is 26.4 Å². The SMILES string of the molecule is COCCOCCCNC(=O)C(C)=C1CNC1. The molecule has 1 amide bonds. The molecule has 17 heavy (non-hydrogen) atoms. The van der Waals surface area contributed by atoms with E-state index in [9.17, 15) is 4.79 Å². The van der Waals surface area contributed by atoms with E-state index in [4.69, 9.17) is 9.47 Å². The van der Waals surface area contributed by atoms with Crippen molar-refractivity contribution in [1.82, 2.24) is 10.6 Å². The zero-order valence-corrected chi connectivity index (χ0v) is 10.7. The third kappa shape index (κ3) is 5.30. The Balaban J connectivity index is 2.01. The molecular formula is C12H22N2O3. The van der Waals surface area contributed by atoms with Crippen LogP contribution < -0.4 is 10.6 Å². The van der Waals surface area contributed by atoms with Crippen LogP contribution >= 0.6 is 0 Å². The van der Waals surface area contributed by atoms with Crippen LogP contribution in [0.3, 0.4) is 0 Å². The highest BCUT2D eigenvalue weighted by Crippen LogP contribution is 2.08. The van der Waals surface area contributed by atoms with Crippen molar-refractivity contribution in [3.8, 4) is 0 Å². The second-order valence-electron chi connectivity index (χ2n) is 4.05. The Kier molecular flexibility index (Phi) is 6.84. The van der Waals surface area contributed by atoms with Crippen LogP contribution in [-0.2, 0) is 14.3 Å². The summed E-state index contributed by atoms with van der Waals surface area (Å²) in [6.45, 7) is 6.10. The number of carbonyl (C=O) groups is 1. The van der Waals surface area contributed by atoms with Gasteiger partial charge in [0.25, 0.3) is 0 Å². The minimum absolute atomic E-state index is 0.0402. The van der Waals surface area contributed by atoms with Crippen molar-refractivity contribution in [1.29, 1.82) is 0 Å². The van der Waals surface area contributed by atoms with Crippen LogP contribution in [0.4, 0.5) is 0 Å². The van der Waals surface area contributed by atoms with E-state index in [1.807, 2.05) is 6.92 Å². The lowest BCUT2D eigenvalue weighted by Gasteiger charge is -2.21. The number of rotatable bonds is 8. The molecule has 0 spiro atoms. The number of amides is 1. The predicted octanol–water partition coefficient (Wildman–Crippen LogP) is 0.0754. The van der Waals surface area contributed by atoms with E-state index in [1.165, 1.54) is 5.57 Å². The van der Waals surface area contributed by atoms with Crippen LogP contribution in [0.5, 0.6) is 0 Å². The molecule has 1 aliphatic rings. The Labute approximate surface area is 103 Å². The zero-order valence-electron chi connectivity index (χ0n) is 10.7. The lowest BCUT2D eigenvalue weighted by atomic mass is 10.0. The van der Waals surface area contributed by atoms with Crippen molar-refractivity contribution in [2.24, 2.45) is 0 Å². The Morgan fingerprint density at radius 2 is 2.12 bits per heavy atom. The summed E-state index contributed by atoms with van der Waals surface area (Å²) < 4.78 is 10.2. The van der Waals surface area contributed by atoms with E-state index >= 15 is 0 Å². The zero-order chi connectivity index (χ0) is 12.5. The molecule has 0 aromatic heterocycles. The molecule has 0 aromatic carbocycles. The van der Waals surface area contributed by atoms with E-state index in [-0.39, 0.29) is 5.91 Å². The van der Waals surface area contributed by atoms with Crippen LogP contribution in [0.25, 0.3) is 0 Å². The summed E-state index contributed by atoms with van der Waals surface area (Å²) >= 11 is 0. The van der Waals surface area contributed by atoms with Crippen molar-refractivity contribution >= 4 is 5.91 Å². The first kappa shape index (κ1) is 14.2. The van der Waals surface area contributed by atoms with Crippen LogP contribution in [0.15, 0.2) is 11.1 Å². The fraction of sp³-hybridized carbons (Fsp3) is 0.750. The maximum Gasteiger partial charge on any atom is 0.246 e. The highest BCUT2D eigenvalue weighted by atomic mass is 16.5. The Morgan fingerprint density at radius 1 is 1.35 bits per heavy atom. The van der Waals surface area contributed by atoms with Gasteiger partial charge in [0.2, 0.25) is 5.91 Å². The van der Waals surface area contributed by atoms with Gasteiger partial charge >= 0.3 is 0 Å². The lowest BCUT2D eigenvalue weighted by molar-refractivity contribution is -0.117. The van der Waals surface area contributed by atoms with Gasteiger partial charge in [-0.15, -0.1) is 0 Å². The lowest BCUT2D eigenvalue weighted by Crippen LogP contribution is -2.37. The van der Waals surface area contributed by atoms with Gasteiger partial charge < -0.3 is 20.1 Å². The first-order chi connectivity index (χ1) is 8.25. The normalized spacial score (nSPS) is 14.4. The molecule has 0 unspecified atom stereocenters. The van der Waals surface area contributed by atoms with Crippen LogP contribution in [0, 0.1) is 0 Å². The molecule has 0 aliphatic carbocycles. The Bertz CT molecular complexity index is 271. The average Bonchev–Trinajstić information content (AvgIpc) is 2.25. The van der Waals surface area contributed by atoms with E-state index in [0.717, 1.165) is 25.1 Å². The van der Waals surface area contributed by atoms with Crippen molar-refractivity contribution < 1.29 is 14.3 Å². The molecule has 0 saturated carbocycles. The monoisotopic (exact) mass is 242 g/mol. The molecule has 0 radical (unpaired) electrons. The summed E-state index contributed by atoms with van der Waals surface area (Å²) in [6, 6.07) is 0. The molecule has 1 rings (SSSR count). The van der Waals surface area contributed by atoms with Gasteiger partial charge in [-0.3, -0.25) is 4.79 Å². The number of nitrogens with one attached hydrogen (secondary N) is 2. The topological polar surface area (TPSA) is 59.6 Å². The largest absolute Gasteiger partial charge is 0.382 e. The maximum absolute atomic E-state index is 11.7. The summed E-state index contributed by atoms with van der Waals surface area (Å²) in [4.78, 5) is 11.7. The summed E-state index contributed by atoms with van der Waals surface area (Å²) in [6.07, 6.45) is 0.830. The van der Waals surface area contributed by atoms with Gasteiger partial charge in [0.1, 0.15) is 0 Å². The molecule has 1 heterocycles. The highest BCUT2D eigenvalue weighted by Gasteiger charge is 2.15. The number of hydrogen-bond donors (Lipinski definition) is 2. The molecular weight excluding hydrogens is 220 g/mol. The maximum atomic E-state index is 11.7. The molecule has 2 N–H and O–H groups in total. The molecule has 0 aromatic rings. The van der Waals surface area contributed by atoms with Gasteiger partial charge in [0.15, 0.2) is 0 Å². The summed E-state index contributed by atoms with van der Waals surface area (Å²) in [5.41, 5.74) is 2.06. The minimum atomic E-state index is 0.0402. The molecule has 5 nitrogen and oxygen atoms in total. The van der Waals surface area contributed by atoms with E-state index in [2.05, 4.69) is 10.6 Å². The van der Waals surface area contributed by atoms with Gasteiger partial charge in [-0.1, -0.05) is 0 Å². The van der Waals surface area contributed by atoms with Crippen molar-refractivity contribution in [2.45, 2.75) is 13.3 Å². The summed E-state index contributed by atoms with van der Waals surface area (Å²) in [5, 5.41) is 6.01. The van der Waals surface area contributed by atoms with Crippen molar-refractivity contribution in [3.05, 3.63) is 11.1 Å². The van der Waals surface area contributed by atoms with Gasteiger partial charge in [0, 0.05) is 38.9 Å². The van der Waals surface area contributed by atoms with Crippen LogP contribution in [0.2, 0.25) is 0 Å². The second-order valence-corrected chi connectivity index (χ2v) is 4.05. The third-order valence-corrected chi connectivity index (χ3v) is 2.73. The first-order valence-electron chi connectivity index (χ1n) is 6.00. The average molecular weight is 242 g/mol. The highest BCUT2D eigenvalue weighted by molar-refractivity contribution is 5.93. The van der Waals surface area contributed by atoms with Crippen LogP contribution in [-0.4, -0.2) is 52.5 Å². The van der Waals surface area contributed by atoms with Gasteiger partial charge in [0.05, 0.1) is 13.2 Å². The standard InChI is InChI=1S/C12H22N2O3/c1-10(11-8-13-9-11)12(15)14-4-3-5-17-7-6-16-2/h13H,3-9H2,1-2H3,(H,14,15). The molecule has 1 aliphatic heterocycles. The number of carbonyl (C=O) groups excluding carboxylic acids is 1. The summed E-state index contributed by atoms with van der Waals surface area (Å²) in [7, 11) is 1.65. The number of ether oxygens (including phenoxy) is 2. The molecule has 1 saturated heterocycles. The quantitative estimate of drug-likeness (QED) is 0.467. The molecule has 5 heteroatoms. The van der Waals surface area contributed by atoms with E-state index in [1.54, 1.807) is 7.11 Å². The number of hydrogen-bond acceptors (Lipinski definition) is 4. The minimum Gasteiger partial charge on any atom is -0.382 e. The van der Waals surface area contributed by atoms with Crippen molar-refractivity contribution in [2.75, 3.05) is 46.6 Å². The summed E-state index contributed by atoms with van der Waals surface area (Å²) in [5.74, 6) is 0.0402. The van der Waals surface area contributed by atoms with Crippen molar-refractivity contribution in [3.63, 3.8) is 0 Å². The predicted molar refractivity (Wildman–Crippen MR) is 65.9 cm³/mol. The van der Waals surface area contributed by atoms with Gasteiger partial charge in [-0.2, -0.15) is 0 Å². The van der Waals surface area contributed by atoms with E-state index < -0.39 is 0 Å². The Hall–Kier alpha value is -0.910. The smallest absolute Gasteiger partial charge is 0.246 e. The second kappa shape index (κ2) is 8.22. The molecule has 98 valence electrons. The molecule has 0 atom stereocenters. The third-order valence-electron chi connectivity index (χ3n) is 2.73. The Morgan fingerprint density at radius 3 is 2.71 bits per heavy atom. The molecule has 1 fully saturated rings. The molecule has 0 bridgehead atoms. The first-order valence-corrected chi connectivity index (χ1v) is 6.00. The number of methoxy groups -OCH3 is 1.